The highest BCUT2D eigenvalue weighted by Crippen LogP contribution is 2.07. The number of rotatable bonds is 4. The lowest BCUT2D eigenvalue weighted by molar-refractivity contribution is 0.238. The fraction of sp³-hybridized carbons (Fsp3) is 0.800. The van der Waals surface area contributed by atoms with Gasteiger partial charge in [0.15, 0.2) is 0 Å². The molecule has 0 aromatic carbocycles. The summed E-state index contributed by atoms with van der Waals surface area (Å²) in [5, 5.41) is 12.0. The van der Waals surface area contributed by atoms with E-state index in [-0.39, 0.29) is 6.61 Å². The molecule has 2 N–H and O–H groups in total. The van der Waals surface area contributed by atoms with Crippen LogP contribution in [-0.4, -0.2) is 49.3 Å². The zero-order valence-corrected chi connectivity index (χ0v) is 8.37. The van der Waals surface area contributed by atoms with Gasteiger partial charge in [-0.15, -0.1) is 0 Å². The van der Waals surface area contributed by atoms with Crippen molar-refractivity contribution < 1.29 is 5.11 Å². The van der Waals surface area contributed by atoms with Gasteiger partial charge in [-0.1, -0.05) is 12.2 Å². The van der Waals surface area contributed by atoms with Crippen LogP contribution in [0, 0.1) is 0 Å². The van der Waals surface area contributed by atoms with Crippen LogP contribution >= 0.6 is 0 Å². The summed E-state index contributed by atoms with van der Waals surface area (Å²) in [7, 11) is 2.17. The third-order valence-corrected chi connectivity index (χ3v) is 2.52. The number of hydrogen-bond donors (Lipinski definition) is 2. The first-order valence-corrected chi connectivity index (χ1v) is 5.00. The Morgan fingerprint density at radius 3 is 2.69 bits per heavy atom. The first-order valence-electron chi connectivity index (χ1n) is 5.00. The van der Waals surface area contributed by atoms with Crippen LogP contribution in [0.4, 0.5) is 0 Å². The molecule has 0 radical (unpaired) electrons. The van der Waals surface area contributed by atoms with Gasteiger partial charge in [-0.25, -0.2) is 0 Å². The Kier molecular flexibility index (Phi) is 5.05. The molecule has 1 saturated heterocycles. The molecule has 0 unspecified atom stereocenters. The lowest BCUT2D eigenvalue weighted by Crippen LogP contribution is -2.40. The third-order valence-electron chi connectivity index (χ3n) is 2.52. The fourth-order valence-corrected chi connectivity index (χ4v) is 1.61. The molecular weight excluding hydrogens is 164 g/mol. The average Bonchev–Trinajstić information content (AvgIpc) is 2.15. The molecular formula is C10H20N2O. The summed E-state index contributed by atoms with van der Waals surface area (Å²) >= 11 is 0. The van der Waals surface area contributed by atoms with Crippen molar-refractivity contribution in [2.24, 2.45) is 0 Å². The highest BCUT2D eigenvalue weighted by molar-refractivity contribution is 4.85. The monoisotopic (exact) mass is 184 g/mol. The molecule has 3 nitrogen and oxygen atoms in total. The minimum Gasteiger partial charge on any atom is -0.392 e. The number of likely N-dealkylation sites (tertiary alicyclic amines) is 1. The average molecular weight is 184 g/mol. The maximum absolute atomic E-state index is 8.52. The summed E-state index contributed by atoms with van der Waals surface area (Å²) in [6, 6.07) is 0.666. The van der Waals surface area contributed by atoms with Crippen molar-refractivity contribution in [1.82, 2.24) is 10.2 Å². The van der Waals surface area contributed by atoms with E-state index < -0.39 is 0 Å². The van der Waals surface area contributed by atoms with Crippen LogP contribution in [0.1, 0.15) is 12.8 Å². The smallest absolute Gasteiger partial charge is 0.0612 e. The molecule has 1 heterocycles. The van der Waals surface area contributed by atoms with E-state index in [4.69, 9.17) is 5.11 Å². The first kappa shape index (κ1) is 10.7. The van der Waals surface area contributed by atoms with Crippen LogP contribution in [0.3, 0.4) is 0 Å². The molecule has 1 aliphatic heterocycles. The summed E-state index contributed by atoms with van der Waals surface area (Å²) in [5.41, 5.74) is 0. The van der Waals surface area contributed by atoms with Gasteiger partial charge >= 0.3 is 0 Å². The van der Waals surface area contributed by atoms with Gasteiger partial charge in [0.1, 0.15) is 0 Å². The summed E-state index contributed by atoms with van der Waals surface area (Å²) in [4.78, 5) is 2.36. The van der Waals surface area contributed by atoms with Crippen molar-refractivity contribution in [3.05, 3.63) is 12.2 Å². The Hall–Kier alpha value is -0.380. The highest BCUT2D eigenvalue weighted by atomic mass is 16.2. The zero-order valence-electron chi connectivity index (χ0n) is 8.37. The maximum Gasteiger partial charge on any atom is 0.0612 e. The van der Waals surface area contributed by atoms with Gasteiger partial charge in [0.2, 0.25) is 0 Å². The molecule has 0 bridgehead atoms. The van der Waals surface area contributed by atoms with E-state index in [0.29, 0.717) is 6.04 Å². The van der Waals surface area contributed by atoms with Gasteiger partial charge in [-0.2, -0.15) is 0 Å². The molecule has 0 saturated carbocycles. The maximum atomic E-state index is 8.52. The molecule has 0 aromatic heterocycles. The van der Waals surface area contributed by atoms with Crippen molar-refractivity contribution in [2.45, 2.75) is 18.9 Å². The number of aliphatic hydroxyl groups excluding tert-OH is 1. The van der Waals surface area contributed by atoms with Crippen LogP contribution in [0.5, 0.6) is 0 Å². The number of nitrogens with one attached hydrogen (secondary N) is 1. The standard InChI is InChI=1S/C10H20N2O/c1-12-7-4-10(5-8-12)11-6-2-3-9-13/h2-3,10-11,13H,4-9H2,1H3/b3-2+. The second-order valence-corrected chi connectivity index (χ2v) is 3.64. The van der Waals surface area contributed by atoms with Crippen molar-refractivity contribution in [1.29, 1.82) is 0 Å². The van der Waals surface area contributed by atoms with Gasteiger partial charge in [0.25, 0.3) is 0 Å². The van der Waals surface area contributed by atoms with Gasteiger partial charge in [0, 0.05) is 12.6 Å². The van der Waals surface area contributed by atoms with E-state index in [9.17, 15) is 0 Å². The van der Waals surface area contributed by atoms with Gasteiger partial charge < -0.3 is 15.3 Å². The molecule has 0 spiro atoms. The van der Waals surface area contributed by atoms with Crippen LogP contribution in [0.25, 0.3) is 0 Å². The van der Waals surface area contributed by atoms with Crippen molar-refractivity contribution in [2.75, 3.05) is 33.3 Å². The molecule has 0 atom stereocenters. The Labute approximate surface area is 80.4 Å². The second kappa shape index (κ2) is 6.13. The minimum atomic E-state index is 0.148. The number of hydrogen-bond acceptors (Lipinski definition) is 3. The molecule has 1 aliphatic rings. The fourth-order valence-electron chi connectivity index (χ4n) is 1.61. The Bertz CT molecular complexity index is 151. The largest absolute Gasteiger partial charge is 0.392 e. The SMILES string of the molecule is CN1CCC(NC/C=C/CO)CC1. The molecule has 0 aliphatic carbocycles. The third kappa shape index (κ3) is 4.41. The Morgan fingerprint density at radius 1 is 1.38 bits per heavy atom. The van der Waals surface area contributed by atoms with E-state index in [2.05, 4.69) is 17.3 Å². The molecule has 0 aromatic rings. The van der Waals surface area contributed by atoms with Crippen molar-refractivity contribution in [3.63, 3.8) is 0 Å². The van der Waals surface area contributed by atoms with E-state index >= 15 is 0 Å². The highest BCUT2D eigenvalue weighted by Gasteiger charge is 2.14. The summed E-state index contributed by atoms with van der Waals surface area (Å²) in [6.07, 6.45) is 6.24. The molecule has 0 amide bonds. The van der Waals surface area contributed by atoms with E-state index in [1.165, 1.54) is 25.9 Å². The van der Waals surface area contributed by atoms with E-state index in [0.717, 1.165) is 6.54 Å². The number of nitrogens with zero attached hydrogens (tertiary/aromatic N) is 1. The predicted octanol–water partition coefficient (Wildman–Crippen LogP) is 0.219. The Morgan fingerprint density at radius 2 is 2.08 bits per heavy atom. The lowest BCUT2D eigenvalue weighted by atomic mass is 10.1. The van der Waals surface area contributed by atoms with Gasteiger partial charge in [0.05, 0.1) is 6.61 Å². The quantitative estimate of drug-likeness (QED) is 0.613. The summed E-state index contributed by atoms with van der Waals surface area (Å²) in [6.45, 7) is 3.42. The van der Waals surface area contributed by atoms with E-state index in [1.54, 1.807) is 6.08 Å². The lowest BCUT2D eigenvalue weighted by Gasteiger charge is -2.29. The molecule has 1 fully saturated rings. The number of piperidine rings is 1. The second-order valence-electron chi connectivity index (χ2n) is 3.64. The molecule has 13 heavy (non-hydrogen) atoms. The van der Waals surface area contributed by atoms with Crippen LogP contribution in [0.2, 0.25) is 0 Å². The zero-order chi connectivity index (χ0) is 9.52. The van der Waals surface area contributed by atoms with Gasteiger partial charge in [-0.3, -0.25) is 0 Å². The first-order chi connectivity index (χ1) is 6.33. The predicted molar refractivity (Wildman–Crippen MR) is 54.7 cm³/mol. The van der Waals surface area contributed by atoms with Gasteiger partial charge in [-0.05, 0) is 33.0 Å². The van der Waals surface area contributed by atoms with Crippen LogP contribution in [0.15, 0.2) is 12.2 Å². The normalized spacial score (nSPS) is 21.4. The topological polar surface area (TPSA) is 35.5 Å². The molecule has 3 heteroatoms. The summed E-state index contributed by atoms with van der Waals surface area (Å²) in [5.74, 6) is 0. The van der Waals surface area contributed by atoms with Crippen molar-refractivity contribution in [3.8, 4) is 0 Å². The molecule has 76 valence electrons. The minimum absolute atomic E-state index is 0.148. The van der Waals surface area contributed by atoms with Crippen LogP contribution < -0.4 is 5.32 Å². The van der Waals surface area contributed by atoms with E-state index in [1.807, 2.05) is 6.08 Å². The van der Waals surface area contributed by atoms with Crippen LogP contribution in [-0.2, 0) is 0 Å². The van der Waals surface area contributed by atoms with Crippen molar-refractivity contribution >= 4 is 0 Å². The summed E-state index contributed by atoms with van der Waals surface area (Å²) < 4.78 is 0. The Balaban J connectivity index is 2.05. The number of aliphatic hydroxyl groups is 1. The molecule has 1 rings (SSSR count).